The summed E-state index contributed by atoms with van der Waals surface area (Å²) in [7, 11) is 3.12. The number of benzene rings is 2. The van der Waals surface area contributed by atoms with E-state index in [0.29, 0.717) is 58.8 Å². The van der Waals surface area contributed by atoms with Crippen LogP contribution in [-0.2, 0) is 16.0 Å². The van der Waals surface area contributed by atoms with Crippen molar-refractivity contribution in [1.82, 2.24) is 0 Å². The van der Waals surface area contributed by atoms with Gasteiger partial charge in [0.05, 0.1) is 34.0 Å². The van der Waals surface area contributed by atoms with Crippen molar-refractivity contribution in [2.75, 3.05) is 39.4 Å². The minimum Gasteiger partial charge on any atom is -0.493 e. The highest BCUT2D eigenvalue weighted by Gasteiger charge is 2.23. The number of amides is 1. The molecular weight excluding hydrogens is 518 g/mol. The number of ether oxygens (including phenoxy) is 5. The van der Waals surface area contributed by atoms with Crippen molar-refractivity contribution in [1.29, 1.82) is 0 Å². The Balaban J connectivity index is 1.77. The van der Waals surface area contributed by atoms with E-state index in [1.807, 2.05) is 36.6 Å². The number of carbonyl (C=O) groups is 2. The summed E-state index contributed by atoms with van der Waals surface area (Å²) in [5, 5.41) is 5.18. The molecule has 9 heteroatoms. The minimum absolute atomic E-state index is 0.206. The van der Waals surface area contributed by atoms with Gasteiger partial charge in [0, 0.05) is 17.4 Å². The standard InChI is InChI=1S/C30H37NO7S/c1-6-9-16-38-24-13-10-20(17-26(24)36-7-2)11-15-27(32)31-29-28(30(33)37-8-3)22(19-39-29)21-12-14-23(34-4)25(18-21)35-5/h10,12-14,17-19H,6-9,11,15-16H2,1-5H3,(H,31,32). The van der Waals surface area contributed by atoms with Gasteiger partial charge in [-0.25, -0.2) is 4.79 Å². The molecule has 8 nitrogen and oxygen atoms in total. The Bertz CT molecular complexity index is 1250. The molecule has 0 radical (unpaired) electrons. The largest absolute Gasteiger partial charge is 0.493 e. The Hall–Kier alpha value is -3.72. The second-order valence-electron chi connectivity index (χ2n) is 8.61. The number of unbranched alkanes of at least 4 members (excludes halogenated alkanes) is 1. The molecule has 0 bridgehead atoms. The summed E-state index contributed by atoms with van der Waals surface area (Å²) in [5.41, 5.74) is 2.67. The van der Waals surface area contributed by atoms with Crippen molar-refractivity contribution in [3.8, 4) is 34.1 Å². The third-order valence-electron chi connectivity index (χ3n) is 5.92. The summed E-state index contributed by atoms with van der Waals surface area (Å²) >= 11 is 1.28. The summed E-state index contributed by atoms with van der Waals surface area (Å²) in [4.78, 5) is 25.9. The molecule has 1 aromatic heterocycles. The zero-order valence-corrected chi connectivity index (χ0v) is 24.1. The van der Waals surface area contributed by atoms with Crippen molar-refractivity contribution in [3.63, 3.8) is 0 Å². The lowest BCUT2D eigenvalue weighted by Crippen LogP contribution is -2.15. The van der Waals surface area contributed by atoms with Gasteiger partial charge in [-0.2, -0.15) is 0 Å². The van der Waals surface area contributed by atoms with Gasteiger partial charge in [0.2, 0.25) is 5.91 Å². The highest BCUT2D eigenvalue weighted by atomic mass is 32.1. The zero-order valence-electron chi connectivity index (χ0n) is 23.3. The van der Waals surface area contributed by atoms with Crippen molar-refractivity contribution in [3.05, 3.63) is 52.9 Å². The Morgan fingerprint density at radius 3 is 2.33 bits per heavy atom. The van der Waals surface area contributed by atoms with Gasteiger partial charge in [0.15, 0.2) is 23.0 Å². The van der Waals surface area contributed by atoms with Crippen LogP contribution < -0.4 is 24.3 Å². The molecule has 0 saturated heterocycles. The molecule has 0 aliphatic carbocycles. The van der Waals surface area contributed by atoms with E-state index >= 15 is 0 Å². The molecule has 1 heterocycles. The normalized spacial score (nSPS) is 10.6. The van der Waals surface area contributed by atoms with Gasteiger partial charge in [-0.15, -0.1) is 11.3 Å². The molecule has 0 atom stereocenters. The lowest BCUT2D eigenvalue weighted by molar-refractivity contribution is -0.116. The number of aryl methyl sites for hydroxylation is 1. The van der Waals surface area contributed by atoms with Crippen LogP contribution in [-0.4, -0.2) is 45.9 Å². The number of carbonyl (C=O) groups excluding carboxylic acids is 2. The predicted molar refractivity (Wildman–Crippen MR) is 154 cm³/mol. The number of hydrogen-bond acceptors (Lipinski definition) is 8. The second-order valence-corrected chi connectivity index (χ2v) is 9.49. The number of anilines is 1. The van der Waals surface area contributed by atoms with E-state index in [1.165, 1.54) is 11.3 Å². The zero-order chi connectivity index (χ0) is 28.2. The van der Waals surface area contributed by atoms with Gasteiger partial charge in [-0.3, -0.25) is 4.79 Å². The number of rotatable bonds is 15. The first-order valence-electron chi connectivity index (χ1n) is 13.1. The number of methoxy groups -OCH3 is 2. The molecule has 0 aliphatic heterocycles. The highest BCUT2D eigenvalue weighted by Crippen LogP contribution is 2.40. The molecule has 0 aliphatic rings. The van der Waals surface area contributed by atoms with Crippen molar-refractivity contribution >= 4 is 28.2 Å². The first kappa shape index (κ1) is 29.8. The Morgan fingerprint density at radius 1 is 0.872 bits per heavy atom. The number of esters is 1. The number of nitrogens with one attached hydrogen (secondary N) is 1. The summed E-state index contributed by atoms with van der Waals surface area (Å²) in [6.07, 6.45) is 2.75. The first-order chi connectivity index (χ1) is 18.9. The maximum absolute atomic E-state index is 13.0. The summed E-state index contributed by atoms with van der Waals surface area (Å²) in [6, 6.07) is 11.2. The third-order valence-corrected chi connectivity index (χ3v) is 6.82. The van der Waals surface area contributed by atoms with E-state index < -0.39 is 5.97 Å². The van der Waals surface area contributed by atoms with Gasteiger partial charge in [0.1, 0.15) is 10.6 Å². The molecule has 1 N–H and O–H groups in total. The molecule has 2 aromatic carbocycles. The fourth-order valence-corrected chi connectivity index (χ4v) is 4.91. The molecule has 3 aromatic rings. The minimum atomic E-state index is -0.501. The predicted octanol–water partition coefficient (Wildman–Crippen LogP) is 6.76. The Labute approximate surface area is 234 Å². The fourth-order valence-electron chi connectivity index (χ4n) is 3.94. The van der Waals surface area contributed by atoms with E-state index in [9.17, 15) is 9.59 Å². The average molecular weight is 556 g/mol. The molecule has 0 unspecified atom stereocenters. The third kappa shape index (κ3) is 7.89. The van der Waals surface area contributed by atoms with E-state index in [2.05, 4.69) is 12.2 Å². The van der Waals surface area contributed by atoms with Crippen LogP contribution in [0.5, 0.6) is 23.0 Å². The summed E-state index contributed by atoms with van der Waals surface area (Å²) in [5.74, 6) is 1.79. The second kappa shape index (κ2) is 15.0. The van der Waals surface area contributed by atoms with Crippen LogP contribution in [0.25, 0.3) is 11.1 Å². The molecule has 39 heavy (non-hydrogen) atoms. The quantitative estimate of drug-likeness (QED) is 0.164. The fraction of sp³-hybridized carbons (Fsp3) is 0.400. The number of thiophene rings is 1. The summed E-state index contributed by atoms with van der Waals surface area (Å²) < 4.78 is 27.7. The van der Waals surface area contributed by atoms with Gasteiger partial charge in [-0.1, -0.05) is 25.5 Å². The van der Waals surface area contributed by atoms with E-state index in [-0.39, 0.29) is 18.9 Å². The van der Waals surface area contributed by atoms with Gasteiger partial charge >= 0.3 is 5.97 Å². The van der Waals surface area contributed by atoms with Crippen LogP contribution in [0.2, 0.25) is 0 Å². The van der Waals surface area contributed by atoms with E-state index in [1.54, 1.807) is 33.3 Å². The van der Waals surface area contributed by atoms with Crippen LogP contribution in [0.3, 0.4) is 0 Å². The van der Waals surface area contributed by atoms with Crippen LogP contribution >= 0.6 is 11.3 Å². The van der Waals surface area contributed by atoms with Crippen molar-refractivity contribution < 1.29 is 33.3 Å². The molecule has 0 saturated carbocycles. The molecule has 3 rings (SSSR count). The number of hydrogen-bond donors (Lipinski definition) is 1. The first-order valence-corrected chi connectivity index (χ1v) is 14.0. The van der Waals surface area contributed by atoms with Crippen LogP contribution in [0.4, 0.5) is 5.00 Å². The van der Waals surface area contributed by atoms with E-state index in [4.69, 9.17) is 23.7 Å². The monoisotopic (exact) mass is 555 g/mol. The molecule has 1 amide bonds. The van der Waals surface area contributed by atoms with Crippen LogP contribution in [0, 0.1) is 0 Å². The van der Waals surface area contributed by atoms with Gasteiger partial charge < -0.3 is 29.0 Å². The van der Waals surface area contributed by atoms with Gasteiger partial charge in [-0.05, 0) is 62.1 Å². The smallest absolute Gasteiger partial charge is 0.341 e. The maximum Gasteiger partial charge on any atom is 0.341 e. The molecular formula is C30H37NO7S. The average Bonchev–Trinajstić information content (AvgIpc) is 3.36. The highest BCUT2D eigenvalue weighted by molar-refractivity contribution is 7.15. The van der Waals surface area contributed by atoms with Crippen LogP contribution in [0.1, 0.15) is 56.0 Å². The lowest BCUT2D eigenvalue weighted by Gasteiger charge is -2.13. The maximum atomic E-state index is 13.0. The Morgan fingerprint density at radius 2 is 1.64 bits per heavy atom. The Kier molecular flexibility index (Phi) is 11.5. The molecule has 0 spiro atoms. The van der Waals surface area contributed by atoms with Gasteiger partial charge in [0.25, 0.3) is 0 Å². The molecule has 0 fully saturated rings. The van der Waals surface area contributed by atoms with Crippen LogP contribution in [0.15, 0.2) is 41.8 Å². The van der Waals surface area contributed by atoms with Crippen molar-refractivity contribution in [2.45, 2.75) is 46.5 Å². The SMILES string of the molecule is CCCCOc1ccc(CCC(=O)Nc2scc(-c3ccc(OC)c(OC)c3)c2C(=O)OCC)cc1OCC. The lowest BCUT2D eigenvalue weighted by atomic mass is 10.0. The summed E-state index contributed by atoms with van der Waals surface area (Å²) in [6.45, 7) is 7.15. The topological polar surface area (TPSA) is 92.3 Å². The van der Waals surface area contributed by atoms with Crippen molar-refractivity contribution in [2.24, 2.45) is 0 Å². The van der Waals surface area contributed by atoms with E-state index in [0.717, 1.165) is 24.0 Å². The molecule has 210 valence electrons.